The summed E-state index contributed by atoms with van der Waals surface area (Å²) in [6, 6.07) is 13.1. The highest BCUT2D eigenvalue weighted by Crippen LogP contribution is 2.32. The molecule has 3 rings (SSSR count). The van der Waals surface area contributed by atoms with E-state index in [0.29, 0.717) is 28.2 Å². The molecule has 2 aromatic carbocycles. The SMILES string of the molecule is CCc1ccc2oc(-c3ccc(OC)c(OC)c3)c/c(=N\O)c2c1. The van der Waals surface area contributed by atoms with E-state index in [1.807, 2.05) is 36.4 Å². The molecule has 0 aliphatic heterocycles. The summed E-state index contributed by atoms with van der Waals surface area (Å²) in [6.45, 7) is 2.08. The molecule has 3 aromatic rings. The molecule has 0 saturated heterocycles. The lowest BCUT2D eigenvalue weighted by Gasteiger charge is -2.10. The second-order valence-corrected chi connectivity index (χ2v) is 5.35. The minimum atomic E-state index is 0.469. The fourth-order valence-corrected chi connectivity index (χ4v) is 2.65. The summed E-state index contributed by atoms with van der Waals surface area (Å²) >= 11 is 0. The Morgan fingerprint density at radius 3 is 2.46 bits per heavy atom. The Morgan fingerprint density at radius 1 is 1.00 bits per heavy atom. The van der Waals surface area contributed by atoms with Crippen molar-refractivity contribution in [2.45, 2.75) is 13.3 Å². The van der Waals surface area contributed by atoms with Gasteiger partial charge in [0.25, 0.3) is 0 Å². The van der Waals surface area contributed by atoms with Gasteiger partial charge in [0, 0.05) is 17.0 Å². The van der Waals surface area contributed by atoms with E-state index in [-0.39, 0.29) is 0 Å². The third-order valence-corrected chi connectivity index (χ3v) is 3.99. The second-order valence-electron chi connectivity index (χ2n) is 5.35. The molecule has 0 amide bonds. The molecule has 0 unspecified atom stereocenters. The predicted molar refractivity (Wildman–Crippen MR) is 91.5 cm³/mol. The van der Waals surface area contributed by atoms with Gasteiger partial charge in [-0.05, 0) is 42.3 Å². The van der Waals surface area contributed by atoms with Crippen molar-refractivity contribution in [1.29, 1.82) is 0 Å². The molecule has 1 N–H and O–H groups in total. The summed E-state index contributed by atoms with van der Waals surface area (Å²) in [5, 5.41) is 14.1. The van der Waals surface area contributed by atoms with E-state index in [1.54, 1.807) is 20.3 Å². The van der Waals surface area contributed by atoms with Gasteiger partial charge in [-0.3, -0.25) is 0 Å². The van der Waals surface area contributed by atoms with Gasteiger partial charge in [-0.1, -0.05) is 18.1 Å². The van der Waals surface area contributed by atoms with Crippen LogP contribution in [0.5, 0.6) is 11.5 Å². The summed E-state index contributed by atoms with van der Waals surface area (Å²) in [7, 11) is 3.17. The first-order chi connectivity index (χ1) is 11.7. The average molecular weight is 325 g/mol. The Balaban J connectivity index is 2.21. The van der Waals surface area contributed by atoms with Crippen LogP contribution in [0.4, 0.5) is 0 Å². The number of methoxy groups -OCH3 is 2. The van der Waals surface area contributed by atoms with E-state index in [9.17, 15) is 5.21 Å². The van der Waals surface area contributed by atoms with Crippen LogP contribution in [0.2, 0.25) is 0 Å². The van der Waals surface area contributed by atoms with Gasteiger partial charge >= 0.3 is 0 Å². The van der Waals surface area contributed by atoms with Crippen molar-refractivity contribution in [3.63, 3.8) is 0 Å². The molecule has 0 saturated carbocycles. The van der Waals surface area contributed by atoms with Crippen molar-refractivity contribution in [2.24, 2.45) is 5.16 Å². The Kier molecular flexibility index (Phi) is 4.42. The summed E-state index contributed by atoms with van der Waals surface area (Å²) < 4.78 is 16.6. The quantitative estimate of drug-likeness (QED) is 0.582. The van der Waals surface area contributed by atoms with Crippen molar-refractivity contribution in [1.82, 2.24) is 0 Å². The minimum Gasteiger partial charge on any atom is -0.493 e. The fraction of sp³-hybridized carbons (Fsp3) is 0.211. The monoisotopic (exact) mass is 325 g/mol. The van der Waals surface area contributed by atoms with E-state index in [2.05, 4.69) is 12.1 Å². The molecule has 124 valence electrons. The smallest absolute Gasteiger partial charge is 0.161 e. The highest BCUT2D eigenvalue weighted by Gasteiger charge is 2.10. The first kappa shape index (κ1) is 15.9. The Morgan fingerprint density at radius 2 is 1.79 bits per heavy atom. The lowest BCUT2D eigenvalue weighted by molar-refractivity contribution is 0.302. The van der Waals surface area contributed by atoms with Crippen LogP contribution < -0.4 is 14.8 Å². The molecule has 5 heteroatoms. The highest BCUT2D eigenvalue weighted by molar-refractivity contribution is 5.79. The van der Waals surface area contributed by atoms with Crippen LogP contribution >= 0.6 is 0 Å². The Hall–Kier alpha value is -2.95. The van der Waals surface area contributed by atoms with E-state index >= 15 is 0 Å². The summed E-state index contributed by atoms with van der Waals surface area (Å²) in [5.74, 6) is 1.83. The lowest BCUT2D eigenvalue weighted by atomic mass is 10.1. The van der Waals surface area contributed by atoms with Crippen molar-refractivity contribution >= 4 is 11.0 Å². The van der Waals surface area contributed by atoms with Gasteiger partial charge in [0.05, 0.1) is 14.2 Å². The predicted octanol–water partition coefficient (Wildman–Crippen LogP) is 3.97. The van der Waals surface area contributed by atoms with Crippen LogP contribution in [0.3, 0.4) is 0 Å². The zero-order chi connectivity index (χ0) is 17.1. The molecule has 24 heavy (non-hydrogen) atoms. The second kappa shape index (κ2) is 6.66. The van der Waals surface area contributed by atoms with Gasteiger partial charge in [-0.15, -0.1) is 0 Å². The van der Waals surface area contributed by atoms with Crippen LogP contribution in [-0.2, 0) is 6.42 Å². The average Bonchev–Trinajstić information content (AvgIpc) is 2.65. The number of benzene rings is 2. The van der Waals surface area contributed by atoms with Crippen LogP contribution in [0.1, 0.15) is 12.5 Å². The van der Waals surface area contributed by atoms with E-state index < -0.39 is 0 Å². The maximum absolute atomic E-state index is 9.39. The van der Waals surface area contributed by atoms with Gasteiger partial charge in [0.15, 0.2) is 11.5 Å². The number of nitrogens with zero attached hydrogens (tertiary/aromatic N) is 1. The van der Waals surface area contributed by atoms with Crippen LogP contribution in [0, 0.1) is 0 Å². The summed E-state index contributed by atoms with van der Waals surface area (Å²) in [5.41, 5.74) is 2.62. The summed E-state index contributed by atoms with van der Waals surface area (Å²) in [6.07, 6.45) is 0.901. The van der Waals surface area contributed by atoms with Crippen molar-refractivity contribution < 1.29 is 19.1 Å². The highest BCUT2D eigenvalue weighted by atomic mass is 16.5. The molecule has 5 nitrogen and oxygen atoms in total. The zero-order valence-corrected chi connectivity index (χ0v) is 13.9. The molecule has 1 heterocycles. The normalized spacial score (nSPS) is 11.7. The number of hydrogen-bond donors (Lipinski definition) is 1. The first-order valence-electron chi connectivity index (χ1n) is 7.67. The first-order valence-corrected chi connectivity index (χ1v) is 7.67. The third-order valence-electron chi connectivity index (χ3n) is 3.99. The molecule has 0 bridgehead atoms. The zero-order valence-electron chi connectivity index (χ0n) is 13.9. The van der Waals surface area contributed by atoms with Gasteiger partial charge in [0.1, 0.15) is 16.7 Å². The van der Waals surface area contributed by atoms with Crippen LogP contribution in [0.25, 0.3) is 22.3 Å². The third kappa shape index (κ3) is 2.80. The molecular weight excluding hydrogens is 306 g/mol. The Labute approximate surface area is 139 Å². The van der Waals surface area contributed by atoms with E-state index in [4.69, 9.17) is 13.9 Å². The maximum Gasteiger partial charge on any atom is 0.161 e. The van der Waals surface area contributed by atoms with Gasteiger partial charge in [-0.2, -0.15) is 0 Å². The van der Waals surface area contributed by atoms with Crippen LogP contribution in [0.15, 0.2) is 52.0 Å². The number of aryl methyl sites for hydroxylation is 1. The number of hydrogen-bond acceptors (Lipinski definition) is 5. The van der Waals surface area contributed by atoms with E-state index in [1.165, 1.54) is 0 Å². The molecular formula is C19H19NO4. The van der Waals surface area contributed by atoms with Gasteiger partial charge < -0.3 is 19.1 Å². The molecule has 0 fully saturated rings. The number of rotatable bonds is 4. The van der Waals surface area contributed by atoms with Crippen molar-refractivity contribution in [2.75, 3.05) is 14.2 Å². The van der Waals surface area contributed by atoms with Crippen molar-refractivity contribution in [3.05, 3.63) is 53.4 Å². The fourth-order valence-electron chi connectivity index (χ4n) is 2.65. The maximum atomic E-state index is 9.39. The van der Waals surface area contributed by atoms with Crippen LogP contribution in [-0.4, -0.2) is 19.4 Å². The number of fused-ring (bicyclic) bond motifs is 1. The lowest BCUT2D eigenvalue weighted by Crippen LogP contribution is -2.04. The molecule has 0 aliphatic carbocycles. The molecule has 1 aromatic heterocycles. The van der Waals surface area contributed by atoms with Gasteiger partial charge in [-0.25, -0.2) is 0 Å². The topological polar surface area (TPSA) is 64.2 Å². The molecule has 0 atom stereocenters. The molecule has 0 aliphatic rings. The standard InChI is InChI=1S/C19H19NO4/c1-4-12-5-7-16-14(9-12)15(20-21)11-18(24-16)13-6-8-17(22-2)19(10-13)23-3/h5-11,21H,4H2,1-3H3/b20-15+. The van der Waals surface area contributed by atoms with Gasteiger partial charge in [0.2, 0.25) is 0 Å². The van der Waals surface area contributed by atoms with Crippen molar-refractivity contribution in [3.8, 4) is 22.8 Å². The number of ether oxygens (including phenoxy) is 2. The van der Waals surface area contributed by atoms with E-state index in [0.717, 1.165) is 22.9 Å². The largest absolute Gasteiger partial charge is 0.493 e. The summed E-state index contributed by atoms with van der Waals surface area (Å²) in [4.78, 5) is 0. The molecule has 0 spiro atoms. The minimum absolute atomic E-state index is 0.469. The molecule has 0 radical (unpaired) electrons. The Bertz CT molecular complexity index is 944.